The summed E-state index contributed by atoms with van der Waals surface area (Å²) in [6.45, 7) is 2.97. The molecule has 0 aliphatic rings. The van der Waals surface area contributed by atoms with Crippen molar-refractivity contribution in [2.75, 3.05) is 6.61 Å². The number of nitro groups is 1. The van der Waals surface area contributed by atoms with Gasteiger partial charge < -0.3 is 4.74 Å². The fraction of sp³-hybridized carbons (Fsp3) is 0.333. The van der Waals surface area contributed by atoms with Gasteiger partial charge in [0.15, 0.2) is 0 Å². The van der Waals surface area contributed by atoms with E-state index in [2.05, 4.69) is 30.6 Å². The Morgan fingerprint density at radius 1 is 0.821 bits per heavy atom. The Morgan fingerprint density at radius 3 is 1.93 bits per heavy atom. The predicted molar refractivity (Wildman–Crippen MR) is 112 cm³/mol. The lowest BCUT2D eigenvalue weighted by Crippen LogP contribution is -1.97. The SMILES string of the molecule is CCCCCCCCOc1ccc(C#CC#Cc2ccc([N+](=O)[O-])cc2)cc1. The van der Waals surface area contributed by atoms with Crippen LogP contribution < -0.4 is 4.74 Å². The maximum atomic E-state index is 10.6. The third kappa shape index (κ3) is 7.98. The molecule has 0 radical (unpaired) electrons. The van der Waals surface area contributed by atoms with Crippen LogP contribution in [0.25, 0.3) is 0 Å². The van der Waals surface area contributed by atoms with E-state index in [1.807, 2.05) is 24.3 Å². The third-order valence-corrected chi connectivity index (χ3v) is 4.18. The molecule has 0 aliphatic heterocycles. The van der Waals surface area contributed by atoms with Gasteiger partial charge in [0, 0.05) is 23.3 Å². The zero-order chi connectivity index (χ0) is 20.0. The Morgan fingerprint density at radius 2 is 1.36 bits per heavy atom. The molecular formula is C24H25NO3. The number of ether oxygens (including phenoxy) is 1. The summed E-state index contributed by atoms with van der Waals surface area (Å²) in [4.78, 5) is 10.2. The predicted octanol–water partition coefficient (Wildman–Crippen LogP) is 5.74. The average molecular weight is 375 g/mol. The van der Waals surface area contributed by atoms with Gasteiger partial charge >= 0.3 is 0 Å². The largest absolute Gasteiger partial charge is 0.494 e. The van der Waals surface area contributed by atoms with Crippen LogP contribution in [-0.2, 0) is 0 Å². The van der Waals surface area contributed by atoms with Crippen molar-refractivity contribution in [1.82, 2.24) is 0 Å². The highest BCUT2D eigenvalue weighted by atomic mass is 16.6. The van der Waals surface area contributed by atoms with E-state index in [1.54, 1.807) is 12.1 Å². The fourth-order valence-corrected chi connectivity index (χ4v) is 2.58. The van der Waals surface area contributed by atoms with Crippen LogP contribution in [-0.4, -0.2) is 11.5 Å². The first kappa shape index (κ1) is 21.1. The number of non-ortho nitro benzene ring substituents is 1. The number of hydrogen-bond donors (Lipinski definition) is 0. The number of nitro benzene ring substituents is 1. The minimum Gasteiger partial charge on any atom is -0.494 e. The molecule has 0 fully saturated rings. The van der Waals surface area contributed by atoms with Gasteiger partial charge in [-0.15, -0.1) is 0 Å². The lowest BCUT2D eigenvalue weighted by Gasteiger charge is -2.06. The quantitative estimate of drug-likeness (QED) is 0.243. The zero-order valence-corrected chi connectivity index (χ0v) is 16.2. The van der Waals surface area contributed by atoms with Crippen molar-refractivity contribution in [2.24, 2.45) is 0 Å². The van der Waals surface area contributed by atoms with Crippen molar-refractivity contribution >= 4 is 5.69 Å². The molecule has 0 amide bonds. The lowest BCUT2D eigenvalue weighted by atomic mass is 10.1. The molecule has 4 heteroatoms. The van der Waals surface area contributed by atoms with Crippen molar-refractivity contribution < 1.29 is 9.66 Å². The van der Waals surface area contributed by atoms with E-state index in [4.69, 9.17) is 4.74 Å². The second kappa shape index (κ2) is 12.2. The monoisotopic (exact) mass is 375 g/mol. The molecule has 0 aliphatic carbocycles. The molecule has 0 heterocycles. The summed E-state index contributed by atoms with van der Waals surface area (Å²) in [5.41, 5.74) is 1.61. The molecule has 0 saturated carbocycles. The summed E-state index contributed by atoms with van der Waals surface area (Å²) in [6, 6.07) is 13.8. The first-order valence-electron chi connectivity index (χ1n) is 9.68. The Balaban J connectivity index is 1.76. The van der Waals surface area contributed by atoms with Crippen molar-refractivity contribution in [1.29, 1.82) is 0 Å². The van der Waals surface area contributed by atoms with Crippen molar-refractivity contribution in [3.8, 4) is 29.4 Å². The molecular weight excluding hydrogens is 350 g/mol. The Hall–Kier alpha value is -3.24. The average Bonchev–Trinajstić information content (AvgIpc) is 2.72. The van der Waals surface area contributed by atoms with Gasteiger partial charge in [-0.1, -0.05) is 50.9 Å². The minimum absolute atomic E-state index is 0.0513. The van der Waals surface area contributed by atoms with E-state index in [9.17, 15) is 10.1 Å². The van der Waals surface area contributed by atoms with E-state index < -0.39 is 4.92 Å². The maximum Gasteiger partial charge on any atom is 0.269 e. The fourth-order valence-electron chi connectivity index (χ4n) is 2.58. The van der Waals surface area contributed by atoms with Crippen LogP contribution in [0.5, 0.6) is 5.75 Å². The first-order valence-corrected chi connectivity index (χ1v) is 9.68. The number of rotatable bonds is 9. The highest BCUT2D eigenvalue weighted by molar-refractivity contribution is 5.47. The molecule has 0 aromatic heterocycles. The van der Waals surface area contributed by atoms with Crippen LogP contribution in [0.4, 0.5) is 5.69 Å². The van der Waals surface area contributed by atoms with Gasteiger partial charge in [-0.25, -0.2) is 0 Å². The maximum absolute atomic E-state index is 10.6. The van der Waals surface area contributed by atoms with Crippen LogP contribution >= 0.6 is 0 Å². The van der Waals surface area contributed by atoms with Gasteiger partial charge in [0.25, 0.3) is 5.69 Å². The van der Waals surface area contributed by atoms with Gasteiger partial charge in [-0.3, -0.25) is 10.1 Å². The first-order chi connectivity index (χ1) is 13.7. The summed E-state index contributed by atoms with van der Waals surface area (Å²) in [7, 11) is 0. The van der Waals surface area contributed by atoms with E-state index in [0.717, 1.165) is 24.3 Å². The molecule has 144 valence electrons. The molecule has 0 N–H and O–H groups in total. The summed E-state index contributed by atoms with van der Waals surface area (Å²) in [5, 5.41) is 10.6. The number of unbranched alkanes of at least 4 members (excludes halogenated alkanes) is 5. The summed E-state index contributed by atoms with van der Waals surface area (Å²) in [5.74, 6) is 12.3. The lowest BCUT2D eigenvalue weighted by molar-refractivity contribution is -0.384. The molecule has 0 spiro atoms. The molecule has 28 heavy (non-hydrogen) atoms. The van der Waals surface area contributed by atoms with Gasteiger partial charge in [0.2, 0.25) is 0 Å². The summed E-state index contributed by atoms with van der Waals surface area (Å²) < 4.78 is 5.75. The minimum atomic E-state index is -0.433. The second-order valence-electron chi connectivity index (χ2n) is 6.44. The number of hydrogen-bond acceptors (Lipinski definition) is 3. The molecule has 0 atom stereocenters. The van der Waals surface area contributed by atoms with Crippen LogP contribution in [0, 0.1) is 33.8 Å². The smallest absolute Gasteiger partial charge is 0.269 e. The molecule has 2 rings (SSSR count). The second-order valence-corrected chi connectivity index (χ2v) is 6.44. The molecule has 2 aromatic carbocycles. The van der Waals surface area contributed by atoms with E-state index in [-0.39, 0.29) is 5.69 Å². The normalized spacial score (nSPS) is 9.61. The number of nitrogens with zero attached hydrogens (tertiary/aromatic N) is 1. The van der Waals surface area contributed by atoms with Gasteiger partial charge in [-0.05, 0) is 54.7 Å². The van der Waals surface area contributed by atoms with Crippen molar-refractivity contribution in [3.63, 3.8) is 0 Å². The Kier molecular flexibility index (Phi) is 9.18. The summed E-state index contributed by atoms with van der Waals surface area (Å²) >= 11 is 0. The van der Waals surface area contributed by atoms with Gasteiger partial charge in [0.05, 0.1) is 11.5 Å². The highest BCUT2D eigenvalue weighted by Gasteiger charge is 2.02. The number of benzene rings is 2. The van der Waals surface area contributed by atoms with Gasteiger partial charge in [0.1, 0.15) is 5.75 Å². The van der Waals surface area contributed by atoms with E-state index >= 15 is 0 Å². The standard InChI is InChI=1S/C24H25NO3/c1-2-3-4-5-6-9-20-28-24-18-14-22(15-19-24)11-8-7-10-21-12-16-23(17-13-21)25(26)27/h12-19H,2-6,9,20H2,1H3. The van der Waals surface area contributed by atoms with Crippen LogP contribution in [0.15, 0.2) is 48.5 Å². The Labute approximate surface area is 167 Å². The molecule has 0 unspecified atom stereocenters. The van der Waals surface area contributed by atoms with Crippen molar-refractivity contribution in [2.45, 2.75) is 45.4 Å². The highest BCUT2D eigenvalue weighted by Crippen LogP contribution is 2.13. The topological polar surface area (TPSA) is 52.4 Å². The zero-order valence-electron chi connectivity index (χ0n) is 16.2. The summed E-state index contributed by atoms with van der Waals surface area (Å²) in [6.07, 6.45) is 7.50. The van der Waals surface area contributed by atoms with Crippen molar-refractivity contribution in [3.05, 3.63) is 69.8 Å². The molecule has 2 aromatic rings. The van der Waals surface area contributed by atoms with E-state index in [1.165, 1.54) is 44.2 Å². The molecule has 0 saturated heterocycles. The molecule has 4 nitrogen and oxygen atoms in total. The third-order valence-electron chi connectivity index (χ3n) is 4.18. The van der Waals surface area contributed by atoms with Crippen LogP contribution in [0.2, 0.25) is 0 Å². The van der Waals surface area contributed by atoms with Gasteiger partial charge in [-0.2, -0.15) is 0 Å². The Bertz CT molecular complexity index is 863. The molecule has 0 bridgehead atoms. The van der Waals surface area contributed by atoms with Crippen LogP contribution in [0.1, 0.15) is 56.6 Å². The van der Waals surface area contributed by atoms with E-state index in [0.29, 0.717) is 5.56 Å². The van der Waals surface area contributed by atoms with Crippen LogP contribution in [0.3, 0.4) is 0 Å².